The van der Waals surface area contributed by atoms with Gasteiger partial charge < -0.3 is 9.67 Å². The highest BCUT2D eigenvalue weighted by Crippen LogP contribution is 2.45. The molecular formula is C19H20FNO3. The Balaban J connectivity index is 2.03. The van der Waals surface area contributed by atoms with Gasteiger partial charge in [0.2, 0.25) is 0 Å². The van der Waals surface area contributed by atoms with Gasteiger partial charge in [-0.05, 0) is 55.2 Å². The summed E-state index contributed by atoms with van der Waals surface area (Å²) in [6, 6.07) is 8.60. The molecule has 0 saturated carbocycles. The Morgan fingerprint density at radius 2 is 1.92 bits per heavy atom. The first-order valence-electron chi connectivity index (χ1n) is 8.08. The van der Waals surface area contributed by atoms with Gasteiger partial charge in [-0.15, -0.1) is 0 Å². The van der Waals surface area contributed by atoms with Crippen molar-refractivity contribution in [3.8, 4) is 0 Å². The average molecular weight is 329 g/mol. The minimum atomic E-state index is -0.983. The van der Waals surface area contributed by atoms with E-state index in [4.69, 9.17) is 0 Å². The summed E-state index contributed by atoms with van der Waals surface area (Å²) in [6.07, 6.45) is 2.62. The monoisotopic (exact) mass is 329 g/mol. The van der Waals surface area contributed by atoms with Gasteiger partial charge in [0.25, 0.3) is 0 Å². The Morgan fingerprint density at radius 1 is 1.25 bits per heavy atom. The summed E-state index contributed by atoms with van der Waals surface area (Å²) in [4.78, 5) is 24.9. The van der Waals surface area contributed by atoms with Crippen molar-refractivity contribution in [1.82, 2.24) is 4.57 Å². The van der Waals surface area contributed by atoms with Gasteiger partial charge in [-0.1, -0.05) is 13.8 Å². The lowest BCUT2D eigenvalue weighted by Crippen LogP contribution is -2.47. The summed E-state index contributed by atoms with van der Waals surface area (Å²) in [7, 11) is 0. The summed E-state index contributed by atoms with van der Waals surface area (Å²) < 4.78 is 14.9. The normalized spacial score (nSPS) is 23.1. The highest BCUT2D eigenvalue weighted by Gasteiger charge is 2.49. The van der Waals surface area contributed by atoms with E-state index in [2.05, 4.69) is 0 Å². The molecule has 0 aliphatic carbocycles. The number of benzene rings is 1. The van der Waals surface area contributed by atoms with Crippen LogP contribution < -0.4 is 0 Å². The number of carbonyl (C=O) groups excluding carboxylic acids is 1. The third kappa shape index (κ3) is 2.35. The van der Waals surface area contributed by atoms with Crippen LogP contribution in [0.15, 0.2) is 42.6 Å². The predicted molar refractivity (Wildman–Crippen MR) is 87.6 cm³/mol. The molecule has 4 nitrogen and oxygen atoms in total. The van der Waals surface area contributed by atoms with E-state index in [1.165, 1.54) is 24.3 Å². The van der Waals surface area contributed by atoms with Gasteiger partial charge in [0.05, 0.1) is 6.04 Å². The van der Waals surface area contributed by atoms with Gasteiger partial charge in [0, 0.05) is 17.5 Å². The van der Waals surface area contributed by atoms with Gasteiger partial charge in [-0.2, -0.15) is 0 Å². The van der Waals surface area contributed by atoms with Crippen LogP contribution in [0.3, 0.4) is 0 Å². The number of carboxylic acid groups (broad SMARTS) is 1. The summed E-state index contributed by atoms with van der Waals surface area (Å²) in [5.74, 6) is -1.45. The van der Waals surface area contributed by atoms with Crippen molar-refractivity contribution in [3.05, 3.63) is 59.7 Å². The van der Waals surface area contributed by atoms with E-state index in [-0.39, 0.29) is 17.5 Å². The quantitative estimate of drug-likeness (QED) is 0.868. The summed E-state index contributed by atoms with van der Waals surface area (Å²) in [5, 5.41) is 9.86. The molecule has 0 amide bonds. The van der Waals surface area contributed by atoms with E-state index in [1.54, 1.807) is 22.9 Å². The molecule has 3 rings (SSSR count). The molecule has 0 bridgehead atoms. The fourth-order valence-electron chi connectivity index (χ4n) is 3.79. The van der Waals surface area contributed by atoms with Crippen LogP contribution in [0.2, 0.25) is 0 Å². The van der Waals surface area contributed by atoms with Crippen molar-refractivity contribution in [2.45, 2.75) is 38.1 Å². The lowest BCUT2D eigenvalue weighted by molar-refractivity contribution is -0.147. The topological polar surface area (TPSA) is 59.3 Å². The van der Waals surface area contributed by atoms with Crippen molar-refractivity contribution in [1.29, 1.82) is 0 Å². The number of carbonyl (C=O) groups is 2. The van der Waals surface area contributed by atoms with Gasteiger partial charge in [-0.25, -0.2) is 4.39 Å². The van der Waals surface area contributed by atoms with E-state index < -0.39 is 17.4 Å². The van der Waals surface area contributed by atoms with Crippen LogP contribution >= 0.6 is 0 Å². The first kappa shape index (κ1) is 16.4. The van der Waals surface area contributed by atoms with E-state index in [1.807, 2.05) is 13.8 Å². The van der Waals surface area contributed by atoms with Crippen LogP contribution in [0.4, 0.5) is 4.39 Å². The molecule has 0 saturated heterocycles. The number of rotatable bonds is 4. The fraction of sp³-hybridized carbons (Fsp3) is 0.368. The maximum atomic E-state index is 13.1. The molecule has 2 atom stereocenters. The van der Waals surface area contributed by atoms with Gasteiger partial charge >= 0.3 is 5.97 Å². The van der Waals surface area contributed by atoms with Crippen molar-refractivity contribution in [3.63, 3.8) is 0 Å². The number of hydrogen-bond donors (Lipinski definition) is 1. The second kappa shape index (κ2) is 5.89. The third-order valence-electron chi connectivity index (χ3n) is 5.18. The standard InChI is InChI=1S/C19H20FNO3/c1-12(2)19(18(23)24)10-9-15(21-11-3-4-16(19)21)17(22)13-5-7-14(20)8-6-13/h3-8,11-12,15H,9-10H2,1-2H3,(H,23,24). The molecule has 1 aromatic heterocycles. The summed E-state index contributed by atoms with van der Waals surface area (Å²) in [5.41, 5.74) is 0.119. The van der Waals surface area contributed by atoms with E-state index >= 15 is 0 Å². The zero-order chi connectivity index (χ0) is 17.5. The Morgan fingerprint density at radius 3 is 2.50 bits per heavy atom. The second-order valence-electron chi connectivity index (χ2n) is 6.66. The summed E-state index contributed by atoms with van der Waals surface area (Å²) >= 11 is 0. The van der Waals surface area contributed by atoms with Crippen molar-refractivity contribution in [2.24, 2.45) is 5.92 Å². The van der Waals surface area contributed by atoms with Crippen LogP contribution in [0.5, 0.6) is 0 Å². The SMILES string of the molecule is CC(C)C1(C(=O)O)CCC(C(=O)c2ccc(F)cc2)n2cccc21. The Labute approximate surface area is 139 Å². The molecule has 0 radical (unpaired) electrons. The Hall–Kier alpha value is -2.43. The van der Waals surface area contributed by atoms with Gasteiger partial charge in [0.15, 0.2) is 5.78 Å². The highest BCUT2D eigenvalue weighted by atomic mass is 19.1. The molecule has 1 aliphatic heterocycles. The summed E-state index contributed by atoms with van der Waals surface area (Å²) in [6.45, 7) is 3.79. The molecule has 1 aromatic carbocycles. The zero-order valence-corrected chi connectivity index (χ0v) is 13.7. The lowest BCUT2D eigenvalue weighted by Gasteiger charge is -2.41. The second-order valence-corrected chi connectivity index (χ2v) is 6.66. The maximum Gasteiger partial charge on any atom is 0.315 e. The van der Waals surface area contributed by atoms with E-state index in [0.717, 1.165) is 0 Å². The highest BCUT2D eigenvalue weighted by molar-refractivity contribution is 5.99. The number of fused-ring (bicyclic) bond motifs is 1. The molecule has 0 fully saturated rings. The number of halogens is 1. The molecule has 1 aliphatic rings. The smallest absolute Gasteiger partial charge is 0.315 e. The fourth-order valence-corrected chi connectivity index (χ4v) is 3.79. The molecule has 2 aromatic rings. The number of ketones is 1. The van der Waals surface area contributed by atoms with Crippen molar-refractivity contribution >= 4 is 11.8 Å². The van der Waals surface area contributed by atoms with Crippen LogP contribution in [0, 0.1) is 11.7 Å². The molecule has 0 spiro atoms. The molecule has 5 heteroatoms. The number of aliphatic carboxylic acids is 1. The van der Waals surface area contributed by atoms with Gasteiger partial charge in [0.1, 0.15) is 11.2 Å². The molecule has 126 valence electrons. The lowest BCUT2D eigenvalue weighted by atomic mass is 9.68. The predicted octanol–water partition coefficient (Wildman–Crippen LogP) is 3.82. The average Bonchev–Trinajstić information content (AvgIpc) is 3.03. The molecule has 1 N–H and O–H groups in total. The molecule has 2 unspecified atom stereocenters. The number of Topliss-reactive ketones (excluding diaryl/α,β-unsaturated/α-hetero) is 1. The van der Waals surface area contributed by atoms with Gasteiger partial charge in [-0.3, -0.25) is 9.59 Å². The molecular weight excluding hydrogens is 309 g/mol. The van der Waals surface area contributed by atoms with Crippen molar-refractivity contribution in [2.75, 3.05) is 0 Å². The van der Waals surface area contributed by atoms with Crippen LogP contribution in [0.1, 0.15) is 48.8 Å². The van der Waals surface area contributed by atoms with E-state index in [0.29, 0.717) is 24.1 Å². The van der Waals surface area contributed by atoms with Crippen molar-refractivity contribution < 1.29 is 19.1 Å². The first-order chi connectivity index (χ1) is 11.4. The van der Waals surface area contributed by atoms with Crippen LogP contribution in [-0.2, 0) is 10.2 Å². The number of hydrogen-bond acceptors (Lipinski definition) is 2. The van der Waals surface area contributed by atoms with E-state index in [9.17, 15) is 19.1 Å². The number of aromatic nitrogens is 1. The first-order valence-corrected chi connectivity index (χ1v) is 8.08. The van der Waals surface area contributed by atoms with Crippen LogP contribution in [0.25, 0.3) is 0 Å². The molecule has 24 heavy (non-hydrogen) atoms. The Bertz CT molecular complexity index is 778. The molecule has 2 heterocycles. The Kier molecular flexibility index (Phi) is 4.03. The maximum absolute atomic E-state index is 13.1. The zero-order valence-electron chi connectivity index (χ0n) is 13.7. The number of carboxylic acids is 1. The minimum Gasteiger partial charge on any atom is -0.481 e. The number of nitrogens with zero attached hydrogens (tertiary/aromatic N) is 1. The largest absolute Gasteiger partial charge is 0.481 e. The minimum absolute atomic E-state index is 0.0921. The third-order valence-corrected chi connectivity index (χ3v) is 5.18. The van der Waals surface area contributed by atoms with Crippen LogP contribution in [-0.4, -0.2) is 21.4 Å².